The van der Waals surface area contributed by atoms with E-state index in [1.807, 2.05) is 36.4 Å². The molecule has 0 saturated heterocycles. The van der Waals surface area contributed by atoms with Crippen molar-refractivity contribution in [2.75, 3.05) is 19.0 Å². The summed E-state index contributed by atoms with van der Waals surface area (Å²) in [5, 5.41) is 2.83. The number of methoxy groups -OCH3 is 1. The lowest BCUT2D eigenvalue weighted by atomic mass is 10.2. The van der Waals surface area contributed by atoms with E-state index in [-0.39, 0.29) is 5.91 Å². The minimum Gasteiger partial charge on any atom is -0.493 e. The molecule has 0 unspecified atom stereocenters. The van der Waals surface area contributed by atoms with Crippen LogP contribution in [0.1, 0.15) is 20.8 Å². The Labute approximate surface area is 148 Å². The van der Waals surface area contributed by atoms with Gasteiger partial charge in [-0.1, -0.05) is 26.0 Å². The maximum Gasteiger partial charge on any atom is 0.265 e. The molecule has 5 heteroatoms. The fourth-order valence-electron chi connectivity index (χ4n) is 2.10. The summed E-state index contributed by atoms with van der Waals surface area (Å²) < 4.78 is 16.6. The van der Waals surface area contributed by atoms with E-state index < -0.39 is 6.10 Å². The van der Waals surface area contributed by atoms with E-state index >= 15 is 0 Å². The SMILES string of the molecule is COc1ccccc1O[C@@H](C)C(=O)Nc1ccc(OCC(C)C)cc1. The Morgan fingerprint density at radius 2 is 1.64 bits per heavy atom. The van der Waals surface area contributed by atoms with Gasteiger partial charge in [-0.05, 0) is 49.2 Å². The third kappa shape index (κ3) is 5.71. The summed E-state index contributed by atoms with van der Waals surface area (Å²) in [5.41, 5.74) is 0.692. The smallest absolute Gasteiger partial charge is 0.265 e. The Morgan fingerprint density at radius 3 is 2.24 bits per heavy atom. The van der Waals surface area contributed by atoms with Crippen LogP contribution in [0.5, 0.6) is 17.2 Å². The van der Waals surface area contributed by atoms with Crippen LogP contribution in [0.4, 0.5) is 5.69 Å². The average molecular weight is 343 g/mol. The Hall–Kier alpha value is -2.69. The number of carbonyl (C=O) groups is 1. The molecule has 2 aromatic rings. The van der Waals surface area contributed by atoms with E-state index in [0.29, 0.717) is 29.7 Å². The highest BCUT2D eigenvalue weighted by Gasteiger charge is 2.16. The quantitative estimate of drug-likeness (QED) is 0.783. The van der Waals surface area contributed by atoms with Crippen LogP contribution in [0.2, 0.25) is 0 Å². The number of carbonyl (C=O) groups excluding carboxylic acids is 1. The average Bonchev–Trinajstić information content (AvgIpc) is 2.61. The lowest BCUT2D eigenvalue weighted by Gasteiger charge is -2.16. The van der Waals surface area contributed by atoms with E-state index in [0.717, 1.165) is 5.75 Å². The molecular weight excluding hydrogens is 318 g/mol. The standard InChI is InChI=1S/C20H25NO4/c1-14(2)13-24-17-11-9-16(10-12-17)21-20(22)15(3)25-19-8-6-5-7-18(19)23-4/h5-12,14-15H,13H2,1-4H3,(H,21,22)/t15-/m0/s1. The van der Waals surface area contributed by atoms with Crippen LogP contribution in [0.3, 0.4) is 0 Å². The van der Waals surface area contributed by atoms with Crippen molar-refractivity contribution >= 4 is 11.6 Å². The van der Waals surface area contributed by atoms with E-state index in [1.54, 1.807) is 26.2 Å². The molecule has 0 aliphatic carbocycles. The molecule has 0 fully saturated rings. The number of hydrogen-bond donors (Lipinski definition) is 1. The van der Waals surface area contributed by atoms with Crippen molar-refractivity contribution in [2.24, 2.45) is 5.92 Å². The summed E-state index contributed by atoms with van der Waals surface area (Å²) in [6.45, 7) is 6.55. The van der Waals surface area contributed by atoms with Crippen LogP contribution < -0.4 is 19.5 Å². The molecular formula is C20H25NO4. The summed E-state index contributed by atoms with van der Waals surface area (Å²) in [7, 11) is 1.57. The van der Waals surface area contributed by atoms with Gasteiger partial charge < -0.3 is 19.5 Å². The number of rotatable bonds is 8. The zero-order chi connectivity index (χ0) is 18.2. The first-order chi connectivity index (χ1) is 12.0. The van der Waals surface area contributed by atoms with Gasteiger partial charge in [-0.2, -0.15) is 0 Å². The fourth-order valence-corrected chi connectivity index (χ4v) is 2.10. The predicted molar refractivity (Wildman–Crippen MR) is 98.5 cm³/mol. The molecule has 1 atom stereocenters. The van der Waals surface area contributed by atoms with Crippen molar-refractivity contribution in [2.45, 2.75) is 26.9 Å². The van der Waals surface area contributed by atoms with Gasteiger partial charge in [0.1, 0.15) is 5.75 Å². The number of anilines is 1. The minimum atomic E-state index is -0.659. The van der Waals surface area contributed by atoms with Crippen molar-refractivity contribution < 1.29 is 19.0 Å². The summed E-state index contributed by atoms with van der Waals surface area (Å²) in [6, 6.07) is 14.5. The molecule has 0 spiro atoms. The molecule has 134 valence electrons. The molecule has 0 aliphatic rings. The van der Waals surface area contributed by atoms with Gasteiger partial charge in [0.15, 0.2) is 17.6 Å². The molecule has 25 heavy (non-hydrogen) atoms. The van der Waals surface area contributed by atoms with E-state index in [2.05, 4.69) is 19.2 Å². The van der Waals surface area contributed by atoms with Crippen LogP contribution >= 0.6 is 0 Å². The van der Waals surface area contributed by atoms with Crippen molar-refractivity contribution in [3.63, 3.8) is 0 Å². The third-order valence-corrected chi connectivity index (χ3v) is 3.45. The van der Waals surface area contributed by atoms with Crippen molar-refractivity contribution in [3.8, 4) is 17.2 Å². The van der Waals surface area contributed by atoms with Crippen molar-refractivity contribution in [3.05, 3.63) is 48.5 Å². The lowest BCUT2D eigenvalue weighted by molar-refractivity contribution is -0.122. The molecule has 1 amide bonds. The molecule has 2 rings (SSSR count). The van der Waals surface area contributed by atoms with Crippen LogP contribution in [-0.2, 0) is 4.79 Å². The molecule has 0 radical (unpaired) electrons. The van der Waals surface area contributed by atoms with Gasteiger partial charge in [0, 0.05) is 5.69 Å². The zero-order valence-corrected chi connectivity index (χ0v) is 15.1. The number of benzene rings is 2. The Morgan fingerprint density at radius 1 is 1.00 bits per heavy atom. The van der Waals surface area contributed by atoms with Crippen LogP contribution in [0, 0.1) is 5.92 Å². The molecule has 0 aliphatic heterocycles. The van der Waals surface area contributed by atoms with Crippen LogP contribution in [-0.4, -0.2) is 25.7 Å². The predicted octanol–water partition coefficient (Wildman–Crippen LogP) is 4.14. The van der Waals surface area contributed by atoms with Gasteiger partial charge in [0.25, 0.3) is 5.91 Å². The highest BCUT2D eigenvalue weighted by Crippen LogP contribution is 2.27. The number of nitrogens with one attached hydrogen (secondary N) is 1. The minimum absolute atomic E-state index is 0.234. The Kier molecular flexibility index (Phi) is 6.69. The van der Waals surface area contributed by atoms with Crippen molar-refractivity contribution in [1.29, 1.82) is 0 Å². The Bertz CT molecular complexity index is 682. The van der Waals surface area contributed by atoms with Crippen LogP contribution in [0.15, 0.2) is 48.5 Å². The monoisotopic (exact) mass is 343 g/mol. The molecule has 0 saturated carbocycles. The first kappa shape index (κ1) is 18.6. The maximum absolute atomic E-state index is 12.3. The van der Waals surface area contributed by atoms with Gasteiger partial charge >= 0.3 is 0 Å². The second-order valence-electron chi connectivity index (χ2n) is 6.13. The number of para-hydroxylation sites is 2. The summed E-state index contributed by atoms with van der Waals surface area (Å²) in [5.74, 6) is 2.14. The highest BCUT2D eigenvalue weighted by atomic mass is 16.5. The topological polar surface area (TPSA) is 56.8 Å². The van der Waals surface area contributed by atoms with E-state index in [4.69, 9.17) is 14.2 Å². The molecule has 0 heterocycles. The van der Waals surface area contributed by atoms with Gasteiger partial charge in [-0.3, -0.25) is 4.79 Å². The molecule has 0 bridgehead atoms. The summed E-state index contributed by atoms with van der Waals surface area (Å²) in [6.07, 6.45) is -0.659. The van der Waals surface area contributed by atoms with Crippen molar-refractivity contribution in [1.82, 2.24) is 0 Å². The molecule has 2 aromatic carbocycles. The molecule has 0 aromatic heterocycles. The number of amides is 1. The normalized spacial score (nSPS) is 11.7. The summed E-state index contributed by atoms with van der Waals surface area (Å²) >= 11 is 0. The first-order valence-corrected chi connectivity index (χ1v) is 8.33. The maximum atomic E-state index is 12.3. The van der Waals surface area contributed by atoms with Gasteiger partial charge in [0.05, 0.1) is 13.7 Å². The second-order valence-corrected chi connectivity index (χ2v) is 6.13. The zero-order valence-electron chi connectivity index (χ0n) is 15.1. The first-order valence-electron chi connectivity index (χ1n) is 8.33. The second kappa shape index (κ2) is 8.97. The van der Waals surface area contributed by atoms with Gasteiger partial charge in [-0.25, -0.2) is 0 Å². The van der Waals surface area contributed by atoms with Crippen LogP contribution in [0.25, 0.3) is 0 Å². The molecule has 1 N–H and O–H groups in total. The number of hydrogen-bond acceptors (Lipinski definition) is 4. The van der Waals surface area contributed by atoms with Gasteiger partial charge in [0.2, 0.25) is 0 Å². The summed E-state index contributed by atoms with van der Waals surface area (Å²) in [4.78, 5) is 12.3. The molecule has 5 nitrogen and oxygen atoms in total. The number of ether oxygens (including phenoxy) is 3. The Balaban J connectivity index is 1.92. The van der Waals surface area contributed by atoms with Gasteiger partial charge in [-0.15, -0.1) is 0 Å². The highest BCUT2D eigenvalue weighted by molar-refractivity contribution is 5.94. The fraction of sp³-hybridized carbons (Fsp3) is 0.350. The third-order valence-electron chi connectivity index (χ3n) is 3.45. The van der Waals surface area contributed by atoms with E-state index in [9.17, 15) is 4.79 Å². The largest absolute Gasteiger partial charge is 0.493 e. The van der Waals surface area contributed by atoms with E-state index in [1.165, 1.54) is 0 Å². The lowest BCUT2D eigenvalue weighted by Crippen LogP contribution is -2.30.